The fraction of sp³-hybridized carbons (Fsp3) is 0.364. The van der Waals surface area contributed by atoms with Gasteiger partial charge in [-0.2, -0.15) is 0 Å². The number of hydrogen-bond acceptors (Lipinski definition) is 4. The molecule has 0 saturated carbocycles. The Balaban J connectivity index is 2.05. The van der Waals surface area contributed by atoms with Gasteiger partial charge < -0.3 is 10.4 Å². The number of carbonyl (C=O) groups is 2. The van der Waals surface area contributed by atoms with Crippen molar-refractivity contribution >= 4 is 11.8 Å². The average molecular weight is 220 g/mol. The number of carboxylic acids is 1. The molecule has 2 N–H and O–H groups in total. The van der Waals surface area contributed by atoms with E-state index in [1.165, 1.54) is 6.20 Å². The third-order valence-corrected chi connectivity index (χ3v) is 2.74. The van der Waals surface area contributed by atoms with Gasteiger partial charge in [-0.1, -0.05) is 0 Å². The number of aliphatic carboxylic acids is 1. The van der Waals surface area contributed by atoms with E-state index in [0.29, 0.717) is 18.5 Å². The van der Waals surface area contributed by atoms with Crippen molar-refractivity contribution in [2.45, 2.75) is 12.5 Å². The third kappa shape index (κ3) is 2.09. The highest BCUT2D eigenvalue weighted by Gasteiger charge is 2.33. The van der Waals surface area contributed by atoms with Crippen LogP contribution in [0.1, 0.15) is 16.8 Å². The fourth-order valence-electron chi connectivity index (χ4n) is 1.83. The van der Waals surface area contributed by atoms with E-state index in [1.54, 1.807) is 18.3 Å². The minimum absolute atomic E-state index is 0.0862. The highest BCUT2D eigenvalue weighted by molar-refractivity contribution is 6.00. The number of hydrogen-bond donors (Lipinski definition) is 2. The number of nitrogens with one attached hydrogen (secondary N) is 1. The summed E-state index contributed by atoms with van der Waals surface area (Å²) in [5.41, 5.74) is 0.519. The van der Waals surface area contributed by atoms with Gasteiger partial charge in [0.15, 0.2) is 5.78 Å². The van der Waals surface area contributed by atoms with Gasteiger partial charge in [0, 0.05) is 24.5 Å². The zero-order chi connectivity index (χ0) is 11.5. The van der Waals surface area contributed by atoms with Crippen LogP contribution in [0, 0.1) is 5.92 Å². The van der Waals surface area contributed by atoms with Crippen LogP contribution in [-0.4, -0.2) is 34.4 Å². The second-order valence-corrected chi connectivity index (χ2v) is 3.84. The molecule has 0 amide bonds. The van der Waals surface area contributed by atoms with E-state index < -0.39 is 17.9 Å². The fourth-order valence-corrected chi connectivity index (χ4v) is 1.83. The van der Waals surface area contributed by atoms with Crippen LogP contribution in [0.5, 0.6) is 0 Å². The van der Waals surface area contributed by atoms with Crippen molar-refractivity contribution in [3.8, 4) is 0 Å². The van der Waals surface area contributed by atoms with E-state index in [-0.39, 0.29) is 5.78 Å². The molecular formula is C11H12N2O3. The smallest absolute Gasteiger partial charge is 0.307 e. The normalized spacial score (nSPS) is 24.2. The lowest BCUT2D eigenvalue weighted by molar-refractivity contribution is -0.141. The van der Waals surface area contributed by atoms with Gasteiger partial charge in [0.25, 0.3) is 0 Å². The Morgan fingerprint density at radius 2 is 2.31 bits per heavy atom. The maximum Gasteiger partial charge on any atom is 0.307 e. The lowest BCUT2D eigenvalue weighted by Crippen LogP contribution is -2.30. The maximum atomic E-state index is 11.9. The SMILES string of the molecule is O=C(O)C1CNC(C(=O)c2cccnc2)C1. The largest absolute Gasteiger partial charge is 0.481 e. The van der Waals surface area contributed by atoms with Crippen LogP contribution in [-0.2, 0) is 4.79 Å². The number of ketones is 1. The van der Waals surface area contributed by atoms with Gasteiger partial charge in [-0.05, 0) is 18.6 Å². The molecule has 0 spiro atoms. The van der Waals surface area contributed by atoms with E-state index >= 15 is 0 Å². The second kappa shape index (κ2) is 4.40. The number of carbonyl (C=O) groups excluding carboxylic acids is 1. The van der Waals surface area contributed by atoms with E-state index in [1.807, 2.05) is 0 Å². The first-order valence-corrected chi connectivity index (χ1v) is 5.09. The number of rotatable bonds is 3. The van der Waals surface area contributed by atoms with Crippen molar-refractivity contribution in [3.63, 3.8) is 0 Å². The molecule has 2 atom stereocenters. The van der Waals surface area contributed by atoms with Crippen LogP contribution in [0.3, 0.4) is 0 Å². The van der Waals surface area contributed by atoms with Crippen LogP contribution in [0.2, 0.25) is 0 Å². The van der Waals surface area contributed by atoms with Gasteiger partial charge in [0.05, 0.1) is 12.0 Å². The molecule has 2 heterocycles. The summed E-state index contributed by atoms with van der Waals surface area (Å²) in [6.07, 6.45) is 3.44. The Kier molecular flexibility index (Phi) is 2.96. The molecule has 1 fully saturated rings. The standard InChI is InChI=1S/C11H12N2O3/c14-10(7-2-1-3-12-5-7)9-4-8(6-13-9)11(15)16/h1-3,5,8-9,13H,4,6H2,(H,15,16). The van der Waals surface area contributed by atoms with E-state index in [0.717, 1.165) is 0 Å². The van der Waals surface area contributed by atoms with Gasteiger partial charge in [-0.3, -0.25) is 14.6 Å². The molecule has 5 nitrogen and oxygen atoms in total. The van der Waals surface area contributed by atoms with Crippen LogP contribution < -0.4 is 5.32 Å². The highest BCUT2D eigenvalue weighted by atomic mass is 16.4. The number of Topliss-reactive ketones (excluding diaryl/α,β-unsaturated/α-hetero) is 1. The Morgan fingerprint density at radius 1 is 1.50 bits per heavy atom. The molecule has 0 aromatic carbocycles. The molecular weight excluding hydrogens is 208 g/mol. The lowest BCUT2D eigenvalue weighted by atomic mass is 10.00. The summed E-state index contributed by atoms with van der Waals surface area (Å²) < 4.78 is 0. The van der Waals surface area contributed by atoms with Crippen LogP contribution in [0.25, 0.3) is 0 Å². The number of nitrogens with zero attached hydrogens (tertiary/aromatic N) is 1. The second-order valence-electron chi connectivity index (χ2n) is 3.84. The van der Waals surface area contributed by atoms with Crippen LogP contribution in [0.15, 0.2) is 24.5 Å². The Labute approximate surface area is 92.5 Å². The van der Waals surface area contributed by atoms with Gasteiger partial charge in [0.2, 0.25) is 0 Å². The summed E-state index contributed by atoms with van der Waals surface area (Å²) in [6.45, 7) is 0.353. The first-order chi connectivity index (χ1) is 7.68. The molecule has 0 bridgehead atoms. The summed E-state index contributed by atoms with van der Waals surface area (Å²) in [5, 5.41) is 11.7. The molecule has 0 radical (unpaired) electrons. The Bertz CT molecular complexity index is 405. The van der Waals surface area contributed by atoms with Crippen LogP contribution in [0.4, 0.5) is 0 Å². The molecule has 1 aliphatic heterocycles. The number of pyridine rings is 1. The molecule has 1 aliphatic rings. The third-order valence-electron chi connectivity index (χ3n) is 2.74. The zero-order valence-corrected chi connectivity index (χ0v) is 8.59. The lowest BCUT2D eigenvalue weighted by Gasteiger charge is -2.07. The summed E-state index contributed by atoms with van der Waals surface area (Å²) >= 11 is 0. The van der Waals surface area contributed by atoms with Gasteiger partial charge in [-0.15, -0.1) is 0 Å². The molecule has 2 rings (SSSR count). The van der Waals surface area contributed by atoms with E-state index in [4.69, 9.17) is 5.11 Å². The van der Waals surface area contributed by atoms with Crippen molar-refractivity contribution < 1.29 is 14.7 Å². The summed E-state index contributed by atoms with van der Waals surface area (Å²) in [5.74, 6) is -1.41. The monoisotopic (exact) mass is 220 g/mol. The predicted octanol–water partition coefficient (Wildman–Crippen LogP) is 0.327. The van der Waals surface area contributed by atoms with Crippen molar-refractivity contribution in [2.75, 3.05) is 6.54 Å². The molecule has 1 aromatic heterocycles. The first-order valence-electron chi connectivity index (χ1n) is 5.09. The molecule has 1 saturated heterocycles. The molecule has 1 aromatic rings. The Morgan fingerprint density at radius 3 is 2.88 bits per heavy atom. The van der Waals surface area contributed by atoms with Crippen molar-refractivity contribution in [2.24, 2.45) is 5.92 Å². The van der Waals surface area contributed by atoms with Crippen molar-refractivity contribution in [3.05, 3.63) is 30.1 Å². The van der Waals surface area contributed by atoms with Crippen molar-refractivity contribution in [1.29, 1.82) is 0 Å². The predicted molar refractivity (Wildman–Crippen MR) is 56.1 cm³/mol. The molecule has 0 aliphatic carbocycles. The average Bonchev–Trinajstić information content (AvgIpc) is 2.78. The number of aromatic nitrogens is 1. The van der Waals surface area contributed by atoms with Gasteiger partial charge in [0.1, 0.15) is 0 Å². The van der Waals surface area contributed by atoms with Crippen molar-refractivity contribution in [1.82, 2.24) is 10.3 Å². The quantitative estimate of drug-likeness (QED) is 0.717. The zero-order valence-electron chi connectivity index (χ0n) is 8.59. The summed E-state index contributed by atoms with van der Waals surface area (Å²) in [4.78, 5) is 26.5. The summed E-state index contributed by atoms with van der Waals surface area (Å²) in [6, 6.07) is 2.98. The molecule has 16 heavy (non-hydrogen) atoms. The van der Waals surface area contributed by atoms with E-state index in [9.17, 15) is 9.59 Å². The summed E-state index contributed by atoms with van der Waals surface area (Å²) in [7, 11) is 0. The Hall–Kier alpha value is -1.75. The molecule has 84 valence electrons. The van der Waals surface area contributed by atoms with E-state index in [2.05, 4.69) is 10.3 Å². The maximum absolute atomic E-state index is 11.9. The first kappa shape index (κ1) is 10.8. The molecule has 2 unspecified atom stereocenters. The minimum atomic E-state index is -0.853. The number of carboxylic acid groups (broad SMARTS) is 1. The highest BCUT2D eigenvalue weighted by Crippen LogP contribution is 2.17. The topological polar surface area (TPSA) is 79.3 Å². The van der Waals surface area contributed by atoms with Crippen LogP contribution >= 0.6 is 0 Å². The van der Waals surface area contributed by atoms with Gasteiger partial charge >= 0.3 is 5.97 Å². The minimum Gasteiger partial charge on any atom is -0.481 e. The molecule has 5 heteroatoms. The van der Waals surface area contributed by atoms with Gasteiger partial charge in [-0.25, -0.2) is 0 Å².